The van der Waals surface area contributed by atoms with Crippen molar-refractivity contribution in [3.05, 3.63) is 101 Å². The Morgan fingerprint density at radius 3 is 2.35 bits per heavy atom. The summed E-state index contributed by atoms with van der Waals surface area (Å²) in [7, 11) is 3.21. The van der Waals surface area contributed by atoms with Crippen molar-refractivity contribution in [2.45, 2.75) is 26.3 Å². The van der Waals surface area contributed by atoms with E-state index in [0.717, 1.165) is 16.8 Å². The molecule has 0 N–H and O–H groups in total. The van der Waals surface area contributed by atoms with E-state index in [-0.39, 0.29) is 24.4 Å². The van der Waals surface area contributed by atoms with Crippen molar-refractivity contribution in [2.24, 2.45) is 5.10 Å². The molecule has 0 fully saturated rings. The Balaban J connectivity index is 1.57. The van der Waals surface area contributed by atoms with Crippen LogP contribution < -0.4 is 4.74 Å². The molecule has 2 amide bonds. The zero-order valence-corrected chi connectivity index (χ0v) is 20.0. The van der Waals surface area contributed by atoms with Crippen molar-refractivity contribution >= 4 is 17.5 Å². The minimum Gasteiger partial charge on any atom is -0.497 e. The average Bonchev–Trinajstić information content (AvgIpc) is 3.31. The molecule has 4 rings (SSSR count). The summed E-state index contributed by atoms with van der Waals surface area (Å²) < 4.78 is 5.16. The van der Waals surface area contributed by atoms with E-state index in [9.17, 15) is 9.59 Å². The van der Waals surface area contributed by atoms with Gasteiger partial charge in [0.25, 0.3) is 11.8 Å². The van der Waals surface area contributed by atoms with E-state index in [1.54, 1.807) is 38.4 Å². The lowest BCUT2D eigenvalue weighted by Gasteiger charge is -2.25. The highest BCUT2D eigenvalue weighted by atomic mass is 16.5. The lowest BCUT2D eigenvalue weighted by molar-refractivity contribution is -0.133. The number of hydrazone groups is 1. The molecule has 3 aromatic rings. The molecule has 6 nitrogen and oxygen atoms in total. The summed E-state index contributed by atoms with van der Waals surface area (Å²) in [5, 5.41) is 6.28. The van der Waals surface area contributed by atoms with E-state index >= 15 is 0 Å². The van der Waals surface area contributed by atoms with Crippen molar-refractivity contribution in [3.63, 3.8) is 0 Å². The highest BCUT2D eigenvalue weighted by Crippen LogP contribution is 2.33. The SMILES string of the molecule is COc1ccc(C(=O)N(C)CC(=O)N2N=C(c3ccc(C)c(C)c3)C[C@@H]2c2ccccc2)cc1. The minimum atomic E-state index is -0.232. The largest absolute Gasteiger partial charge is 0.497 e. The average molecular weight is 456 g/mol. The van der Waals surface area contributed by atoms with Gasteiger partial charge in [-0.2, -0.15) is 5.10 Å². The Morgan fingerprint density at radius 1 is 1.00 bits per heavy atom. The van der Waals surface area contributed by atoms with Crippen LogP contribution in [0.4, 0.5) is 0 Å². The summed E-state index contributed by atoms with van der Waals surface area (Å²) in [5.41, 5.74) is 5.80. The predicted octanol–water partition coefficient (Wildman–Crippen LogP) is 4.76. The number of carbonyl (C=O) groups excluding carboxylic acids is 2. The standard InChI is InChI=1S/C28H29N3O3/c1-19-10-11-23(16-20(19)2)25-17-26(21-8-6-5-7-9-21)31(29-25)27(32)18-30(3)28(33)22-12-14-24(34-4)15-13-22/h5-16,26H,17-18H2,1-4H3/t26-/m1/s1. The van der Waals surface area contributed by atoms with Gasteiger partial charge in [-0.05, 0) is 66.4 Å². The van der Waals surface area contributed by atoms with Gasteiger partial charge in [-0.3, -0.25) is 9.59 Å². The van der Waals surface area contributed by atoms with Crippen molar-refractivity contribution in [2.75, 3.05) is 20.7 Å². The highest BCUT2D eigenvalue weighted by molar-refractivity contribution is 6.04. The molecule has 0 saturated carbocycles. The second-order valence-corrected chi connectivity index (χ2v) is 8.60. The van der Waals surface area contributed by atoms with Crippen LogP contribution >= 0.6 is 0 Å². The number of nitrogens with zero attached hydrogens (tertiary/aromatic N) is 3. The fourth-order valence-electron chi connectivity index (χ4n) is 4.07. The Bertz CT molecular complexity index is 1220. The lowest BCUT2D eigenvalue weighted by atomic mass is 9.96. The maximum Gasteiger partial charge on any atom is 0.262 e. The van der Waals surface area contributed by atoms with Gasteiger partial charge < -0.3 is 9.64 Å². The number of carbonyl (C=O) groups is 2. The van der Waals surface area contributed by atoms with Crippen molar-refractivity contribution in [1.29, 1.82) is 0 Å². The number of aryl methyl sites for hydroxylation is 2. The third-order valence-corrected chi connectivity index (χ3v) is 6.25. The van der Waals surface area contributed by atoms with E-state index in [1.807, 2.05) is 30.3 Å². The first-order valence-electron chi connectivity index (χ1n) is 11.3. The molecular formula is C28H29N3O3. The summed E-state index contributed by atoms with van der Waals surface area (Å²) in [4.78, 5) is 27.7. The fourth-order valence-corrected chi connectivity index (χ4v) is 4.07. The first-order chi connectivity index (χ1) is 16.4. The van der Waals surface area contributed by atoms with Gasteiger partial charge in [-0.1, -0.05) is 42.5 Å². The number of likely N-dealkylation sites (N-methyl/N-ethyl adjacent to an activating group) is 1. The van der Waals surface area contributed by atoms with E-state index in [0.29, 0.717) is 17.7 Å². The predicted molar refractivity (Wildman–Crippen MR) is 133 cm³/mol. The molecule has 1 aliphatic rings. The Hall–Kier alpha value is -3.93. The van der Waals surface area contributed by atoms with Crippen LogP contribution in [0, 0.1) is 13.8 Å². The molecule has 3 aromatic carbocycles. The zero-order valence-electron chi connectivity index (χ0n) is 20.0. The normalized spacial score (nSPS) is 15.1. The molecule has 1 aliphatic heterocycles. The van der Waals surface area contributed by atoms with Crippen LogP contribution in [0.5, 0.6) is 5.75 Å². The number of hydrogen-bond acceptors (Lipinski definition) is 4. The molecule has 0 bridgehead atoms. The van der Waals surface area contributed by atoms with Crippen LogP contribution in [0.1, 0.15) is 45.1 Å². The summed E-state index contributed by atoms with van der Waals surface area (Å²) in [6.07, 6.45) is 0.619. The molecule has 0 spiro atoms. The quantitative estimate of drug-likeness (QED) is 0.538. The lowest BCUT2D eigenvalue weighted by Crippen LogP contribution is -2.39. The topological polar surface area (TPSA) is 62.2 Å². The molecule has 1 atom stereocenters. The van der Waals surface area contributed by atoms with Gasteiger partial charge in [0.2, 0.25) is 0 Å². The van der Waals surface area contributed by atoms with Crippen LogP contribution in [-0.4, -0.2) is 48.1 Å². The molecule has 0 aromatic heterocycles. The zero-order chi connectivity index (χ0) is 24.2. The van der Waals surface area contributed by atoms with Crippen LogP contribution in [0.15, 0.2) is 77.9 Å². The van der Waals surface area contributed by atoms with E-state index < -0.39 is 0 Å². The number of rotatable bonds is 6. The van der Waals surface area contributed by atoms with Gasteiger partial charge in [-0.25, -0.2) is 5.01 Å². The van der Waals surface area contributed by atoms with Crippen molar-refractivity contribution in [3.8, 4) is 5.75 Å². The molecule has 0 unspecified atom stereocenters. The number of methoxy groups -OCH3 is 1. The van der Waals surface area contributed by atoms with E-state index in [4.69, 9.17) is 9.84 Å². The van der Waals surface area contributed by atoms with Crippen LogP contribution in [0.3, 0.4) is 0 Å². The van der Waals surface area contributed by atoms with Gasteiger partial charge in [0.1, 0.15) is 12.3 Å². The number of hydrogen-bond donors (Lipinski definition) is 0. The molecule has 174 valence electrons. The van der Waals surface area contributed by atoms with Gasteiger partial charge in [-0.15, -0.1) is 0 Å². The third kappa shape index (κ3) is 4.86. The first kappa shape index (κ1) is 23.2. The summed E-state index contributed by atoms with van der Waals surface area (Å²) in [5.74, 6) is 0.216. The van der Waals surface area contributed by atoms with E-state index in [1.165, 1.54) is 21.0 Å². The Labute approximate surface area is 200 Å². The first-order valence-corrected chi connectivity index (χ1v) is 11.3. The molecule has 0 aliphatic carbocycles. The molecule has 1 heterocycles. The summed E-state index contributed by atoms with van der Waals surface area (Å²) in [6.45, 7) is 4.08. The molecule has 0 saturated heterocycles. The smallest absolute Gasteiger partial charge is 0.262 e. The summed E-state index contributed by atoms with van der Waals surface area (Å²) in [6, 6.07) is 22.8. The molecule has 34 heavy (non-hydrogen) atoms. The molecular weight excluding hydrogens is 426 g/mol. The van der Waals surface area contributed by atoms with Gasteiger partial charge in [0.05, 0.1) is 18.9 Å². The second kappa shape index (κ2) is 9.91. The number of ether oxygens (including phenoxy) is 1. The minimum absolute atomic E-state index is 0.0715. The Morgan fingerprint density at radius 2 is 1.71 bits per heavy atom. The van der Waals surface area contributed by atoms with E-state index in [2.05, 4.69) is 32.0 Å². The number of amides is 2. The van der Waals surface area contributed by atoms with Gasteiger partial charge in [0.15, 0.2) is 0 Å². The van der Waals surface area contributed by atoms with Crippen molar-refractivity contribution in [1.82, 2.24) is 9.91 Å². The summed E-state index contributed by atoms with van der Waals surface area (Å²) >= 11 is 0. The molecule has 6 heteroatoms. The maximum absolute atomic E-state index is 13.4. The highest BCUT2D eigenvalue weighted by Gasteiger charge is 2.34. The Kier molecular flexibility index (Phi) is 6.77. The van der Waals surface area contributed by atoms with Crippen LogP contribution in [-0.2, 0) is 4.79 Å². The molecule has 0 radical (unpaired) electrons. The third-order valence-electron chi connectivity index (χ3n) is 6.25. The van der Waals surface area contributed by atoms with Gasteiger partial charge >= 0.3 is 0 Å². The maximum atomic E-state index is 13.4. The second-order valence-electron chi connectivity index (χ2n) is 8.60. The fraction of sp³-hybridized carbons (Fsp3) is 0.250. The van der Waals surface area contributed by atoms with Crippen LogP contribution in [0.25, 0.3) is 0 Å². The van der Waals surface area contributed by atoms with Crippen molar-refractivity contribution < 1.29 is 14.3 Å². The number of benzene rings is 3. The monoisotopic (exact) mass is 455 g/mol. The van der Waals surface area contributed by atoms with Gasteiger partial charge in [0, 0.05) is 19.0 Å². The van der Waals surface area contributed by atoms with Crippen LogP contribution in [0.2, 0.25) is 0 Å².